The van der Waals surface area contributed by atoms with Gasteiger partial charge < -0.3 is 10.6 Å². The first-order valence-electron chi connectivity index (χ1n) is 3.90. The molecule has 0 heterocycles. The van der Waals surface area contributed by atoms with Gasteiger partial charge in [-0.2, -0.15) is 0 Å². The van der Waals surface area contributed by atoms with Gasteiger partial charge in [-0.05, 0) is 13.0 Å². The maximum atomic E-state index is 10.6. The number of rotatable bonds is 5. The Morgan fingerprint density at radius 1 is 1.55 bits per heavy atom. The predicted octanol–water partition coefficient (Wildman–Crippen LogP) is 0.288. The van der Waals surface area contributed by atoms with Crippen molar-refractivity contribution < 1.29 is 4.79 Å². The predicted molar refractivity (Wildman–Crippen MR) is 46.4 cm³/mol. The monoisotopic (exact) mass is 156 g/mol. The first-order chi connectivity index (χ1) is 5.31. The molecular weight excluding hydrogens is 140 g/mol. The summed E-state index contributed by atoms with van der Waals surface area (Å²) >= 11 is 0. The normalized spacial score (nSPS) is 10.4. The number of amides is 1. The Morgan fingerprint density at radius 2 is 2.27 bits per heavy atom. The summed E-state index contributed by atoms with van der Waals surface area (Å²) in [5.74, 6) is -0.0525. The van der Waals surface area contributed by atoms with Crippen molar-refractivity contribution in [3.05, 3.63) is 12.2 Å². The second-order valence-electron chi connectivity index (χ2n) is 2.22. The van der Waals surface area contributed by atoms with E-state index in [2.05, 4.69) is 17.6 Å². The smallest absolute Gasteiger partial charge is 0.243 e. The highest BCUT2D eigenvalue weighted by atomic mass is 16.1. The lowest BCUT2D eigenvalue weighted by atomic mass is 10.4. The SMILES string of the molecule is CCCNC/C=C/C(=O)NC. The second kappa shape index (κ2) is 7.28. The summed E-state index contributed by atoms with van der Waals surface area (Å²) in [5, 5.41) is 5.65. The molecule has 0 saturated carbocycles. The molecular formula is C8H16N2O. The van der Waals surface area contributed by atoms with Crippen LogP contribution in [0, 0.1) is 0 Å². The third kappa shape index (κ3) is 7.06. The average Bonchev–Trinajstić information content (AvgIpc) is 2.04. The van der Waals surface area contributed by atoms with E-state index < -0.39 is 0 Å². The molecule has 3 heteroatoms. The van der Waals surface area contributed by atoms with Gasteiger partial charge in [0.2, 0.25) is 5.91 Å². The maximum Gasteiger partial charge on any atom is 0.243 e. The van der Waals surface area contributed by atoms with Crippen LogP contribution in [0.5, 0.6) is 0 Å². The zero-order valence-corrected chi connectivity index (χ0v) is 7.18. The first-order valence-corrected chi connectivity index (χ1v) is 3.90. The van der Waals surface area contributed by atoms with Gasteiger partial charge in [0.05, 0.1) is 0 Å². The number of hydrogen-bond acceptors (Lipinski definition) is 2. The van der Waals surface area contributed by atoms with Gasteiger partial charge in [0.25, 0.3) is 0 Å². The van der Waals surface area contributed by atoms with Crippen molar-refractivity contribution in [2.45, 2.75) is 13.3 Å². The molecule has 0 spiro atoms. The standard InChI is InChI=1S/C8H16N2O/c1-3-6-10-7-4-5-8(11)9-2/h4-5,10H,3,6-7H2,1-2H3,(H,9,11)/b5-4+. The molecule has 2 N–H and O–H groups in total. The van der Waals surface area contributed by atoms with Crippen LogP contribution in [0.3, 0.4) is 0 Å². The van der Waals surface area contributed by atoms with Crippen molar-refractivity contribution >= 4 is 5.91 Å². The Labute approximate surface area is 67.9 Å². The largest absolute Gasteiger partial charge is 0.356 e. The molecule has 64 valence electrons. The Morgan fingerprint density at radius 3 is 2.82 bits per heavy atom. The summed E-state index contributed by atoms with van der Waals surface area (Å²) in [6.45, 7) is 3.87. The quantitative estimate of drug-likeness (QED) is 0.443. The fourth-order valence-corrected chi connectivity index (χ4v) is 0.611. The zero-order valence-electron chi connectivity index (χ0n) is 7.18. The van der Waals surface area contributed by atoms with Gasteiger partial charge in [0.15, 0.2) is 0 Å². The summed E-state index contributed by atoms with van der Waals surface area (Å²) in [4.78, 5) is 10.6. The molecule has 0 aromatic carbocycles. The van der Waals surface area contributed by atoms with Crippen LogP contribution < -0.4 is 10.6 Å². The van der Waals surface area contributed by atoms with Crippen molar-refractivity contribution in [3.63, 3.8) is 0 Å². The molecule has 0 bridgehead atoms. The molecule has 0 rings (SSSR count). The fourth-order valence-electron chi connectivity index (χ4n) is 0.611. The van der Waals surface area contributed by atoms with E-state index in [1.807, 2.05) is 6.08 Å². The Balaban J connectivity index is 3.22. The zero-order chi connectivity index (χ0) is 8.53. The van der Waals surface area contributed by atoms with Gasteiger partial charge in [-0.15, -0.1) is 0 Å². The van der Waals surface area contributed by atoms with Crippen molar-refractivity contribution in [1.82, 2.24) is 10.6 Å². The third-order valence-electron chi connectivity index (χ3n) is 1.20. The molecule has 0 aliphatic carbocycles. The fraction of sp³-hybridized carbons (Fsp3) is 0.625. The highest BCUT2D eigenvalue weighted by molar-refractivity contribution is 5.87. The van der Waals surface area contributed by atoms with E-state index in [-0.39, 0.29) is 5.91 Å². The molecule has 0 atom stereocenters. The van der Waals surface area contributed by atoms with Gasteiger partial charge >= 0.3 is 0 Å². The van der Waals surface area contributed by atoms with Crippen LogP contribution in [0.25, 0.3) is 0 Å². The summed E-state index contributed by atoms with van der Waals surface area (Å²) in [6.07, 6.45) is 4.46. The number of hydrogen-bond donors (Lipinski definition) is 2. The summed E-state index contributed by atoms with van der Waals surface area (Å²) < 4.78 is 0. The summed E-state index contributed by atoms with van der Waals surface area (Å²) in [5.41, 5.74) is 0. The number of carbonyl (C=O) groups is 1. The van der Waals surface area contributed by atoms with Gasteiger partial charge in [0, 0.05) is 19.7 Å². The Hall–Kier alpha value is -0.830. The number of likely N-dealkylation sites (N-methyl/N-ethyl adjacent to an activating group) is 1. The van der Waals surface area contributed by atoms with Gasteiger partial charge in [-0.25, -0.2) is 0 Å². The van der Waals surface area contributed by atoms with Gasteiger partial charge in [0.1, 0.15) is 0 Å². The summed E-state index contributed by atoms with van der Waals surface area (Å²) in [6, 6.07) is 0. The summed E-state index contributed by atoms with van der Waals surface area (Å²) in [7, 11) is 1.62. The number of nitrogens with one attached hydrogen (secondary N) is 2. The number of carbonyl (C=O) groups excluding carboxylic acids is 1. The van der Waals surface area contributed by atoms with Crippen LogP contribution in [0.15, 0.2) is 12.2 Å². The minimum Gasteiger partial charge on any atom is -0.356 e. The molecule has 11 heavy (non-hydrogen) atoms. The van der Waals surface area contributed by atoms with E-state index in [4.69, 9.17) is 0 Å². The van der Waals surface area contributed by atoms with Crippen molar-refractivity contribution in [2.75, 3.05) is 20.1 Å². The van der Waals surface area contributed by atoms with E-state index in [0.717, 1.165) is 19.5 Å². The average molecular weight is 156 g/mol. The van der Waals surface area contributed by atoms with Gasteiger partial charge in [-0.1, -0.05) is 13.0 Å². The molecule has 0 fully saturated rings. The molecule has 0 saturated heterocycles. The van der Waals surface area contributed by atoms with E-state index in [1.165, 1.54) is 6.08 Å². The Kier molecular flexibility index (Phi) is 6.73. The van der Waals surface area contributed by atoms with Crippen LogP contribution in [-0.2, 0) is 4.79 Å². The van der Waals surface area contributed by atoms with E-state index in [0.29, 0.717) is 0 Å². The van der Waals surface area contributed by atoms with Gasteiger partial charge in [-0.3, -0.25) is 4.79 Å². The van der Waals surface area contributed by atoms with E-state index >= 15 is 0 Å². The highest BCUT2D eigenvalue weighted by Gasteiger charge is 1.85. The van der Waals surface area contributed by atoms with Crippen molar-refractivity contribution in [1.29, 1.82) is 0 Å². The molecule has 0 unspecified atom stereocenters. The molecule has 0 aromatic rings. The molecule has 0 aliphatic rings. The molecule has 0 radical (unpaired) electrons. The topological polar surface area (TPSA) is 41.1 Å². The maximum absolute atomic E-state index is 10.6. The molecule has 1 amide bonds. The van der Waals surface area contributed by atoms with Crippen LogP contribution in [0.1, 0.15) is 13.3 Å². The third-order valence-corrected chi connectivity index (χ3v) is 1.20. The van der Waals surface area contributed by atoms with Crippen LogP contribution in [-0.4, -0.2) is 26.0 Å². The van der Waals surface area contributed by atoms with E-state index in [9.17, 15) is 4.79 Å². The molecule has 0 aromatic heterocycles. The molecule has 3 nitrogen and oxygen atoms in total. The van der Waals surface area contributed by atoms with Crippen LogP contribution in [0.4, 0.5) is 0 Å². The lowest BCUT2D eigenvalue weighted by Gasteiger charge is -1.95. The van der Waals surface area contributed by atoms with E-state index in [1.54, 1.807) is 7.05 Å². The second-order valence-corrected chi connectivity index (χ2v) is 2.22. The first kappa shape index (κ1) is 10.2. The minimum absolute atomic E-state index is 0.0525. The Bertz CT molecular complexity index is 132. The van der Waals surface area contributed by atoms with Crippen LogP contribution in [0.2, 0.25) is 0 Å². The van der Waals surface area contributed by atoms with Crippen molar-refractivity contribution in [3.8, 4) is 0 Å². The van der Waals surface area contributed by atoms with Crippen molar-refractivity contribution in [2.24, 2.45) is 0 Å². The molecule has 0 aliphatic heterocycles. The lowest BCUT2D eigenvalue weighted by molar-refractivity contribution is -0.116. The lowest BCUT2D eigenvalue weighted by Crippen LogP contribution is -2.17. The minimum atomic E-state index is -0.0525. The highest BCUT2D eigenvalue weighted by Crippen LogP contribution is 1.73. The van der Waals surface area contributed by atoms with Crippen LogP contribution >= 0.6 is 0 Å².